The lowest BCUT2D eigenvalue weighted by molar-refractivity contribution is -0.123. The summed E-state index contributed by atoms with van der Waals surface area (Å²) in [6, 6.07) is 16.3. The van der Waals surface area contributed by atoms with Gasteiger partial charge in [0, 0.05) is 0 Å². The van der Waals surface area contributed by atoms with Gasteiger partial charge in [-0.15, -0.1) is 0 Å². The fraction of sp³-hybridized carbons (Fsp3) is 0.111. The highest BCUT2D eigenvalue weighted by Crippen LogP contribution is 2.18. The van der Waals surface area contributed by atoms with Crippen LogP contribution in [0, 0.1) is 0 Å². The van der Waals surface area contributed by atoms with Gasteiger partial charge in [-0.3, -0.25) is 9.69 Å². The number of carbonyl (C=O) groups is 2. The van der Waals surface area contributed by atoms with Crippen molar-refractivity contribution in [1.82, 2.24) is 10.2 Å². The van der Waals surface area contributed by atoms with E-state index >= 15 is 0 Å². The maximum Gasteiger partial charge on any atom is 0.329 e. The normalized spacial score (nSPS) is 15.9. The zero-order valence-electron chi connectivity index (χ0n) is 12.7. The lowest BCUT2D eigenvalue weighted by Gasteiger charge is -2.11. The first kappa shape index (κ1) is 14.8. The summed E-state index contributed by atoms with van der Waals surface area (Å²) in [7, 11) is 1.59. The molecule has 0 saturated carbocycles. The number of methoxy groups -OCH3 is 1. The maximum absolute atomic E-state index is 12.4. The van der Waals surface area contributed by atoms with E-state index in [1.165, 1.54) is 4.90 Å². The molecule has 1 fully saturated rings. The Bertz CT molecular complexity index is 752. The van der Waals surface area contributed by atoms with Gasteiger partial charge in [0.05, 0.1) is 13.7 Å². The van der Waals surface area contributed by atoms with Gasteiger partial charge in [-0.2, -0.15) is 0 Å². The van der Waals surface area contributed by atoms with E-state index in [1.54, 1.807) is 25.3 Å². The van der Waals surface area contributed by atoms with E-state index < -0.39 is 6.03 Å². The van der Waals surface area contributed by atoms with Crippen LogP contribution in [0.4, 0.5) is 4.79 Å². The first-order valence-electron chi connectivity index (χ1n) is 7.20. The van der Waals surface area contributed by atoms with Crippen molar-refractivity contribution in [2.24, 2.45) is 0 Å². The summed E-state index contributed by atoms with van der Waals surface area (Å²) in [6.45, 7) is 0.255. The molecule has 1 aliphatic rings. The molecule has 0 atom stereocenters. The molecule has 23 heavy (non-hydrogen) atoms. The van der Waals surface area contributed by atoms with Gasteiger partial charge in [0.2, 0.25) is 0 Å². The molecule has 5 nitrogen and oxygen atoms in total. The Morgan fingerprint density at radius 2 is 1.74 bits per heavy atom. The van der Waals surface area contributed by atoms with Crippen LogP contribution in [-0.4, -0.2) is 23.9 Å². The van der Waals surface area contributed by atoms with Crippen LogP contribution in [0.1, 0.15) is 11.1 Å². The van der Waals surface area contributed by atoms with Crippen molar-refractivity contribution >= 4 is 18.0 Å². The van der Waals surface area contributed by atoms with Crippen molar-refractivity contribution in [2.45, 2.75) is 6.54 Å². The van der Waals surface area contributed by atoms with Gasteiger partial charge in [0.15, 0.2) is 0 Å². The minimum absolute atomic E-state index is 0.255. The summed E-state index contributed by atoms with van der Waals surface area (Å²) < 4.78 is 5.10. The second-order valence-electron chi connectivity index (χ2n) is 5.14. The number of amides is 3. The van der Waals surface area contributed by atoms with Gasteiger partial charge in [-0.05, 0) is 29.3 Å². The van der Waals surface area contributed by atoms with Gasteiger partial charge >= 0.3 is 6.03 Å². The van der Waals surface area contributed by atoms with Crippen molar-refractivity contribution in [1.29, 1.82) is 0 Å². The minimum Gasteiger partial charge on any atom is -0.497 e. The fourth-order valence-corrected chi connectivity index (χ4v) is 2.35. The van der Waals surface area contributed by atoms with E-state index in [0.717, 1.165) is 16.9 Å². The van der Waals surface area contributed by atoms with Gasteiger partial charge in [0.1, 0.15) is 11.4 Å². The maximum atomic E-state index is 12.4. The molecule has 2 aromatic carbocycles. The predicted molar refractivity (Wildman–Crippen MR) is 86.5 cm³/mol. The number of urea groups is 1. The molecule has 3 amide bonds. The minimum atomic E-state index is -0.404. The number of nitrogens with zero attached hydrogens (tertiary/aromatic N) is 1. The molecular weight excluding hydrogens is 292 g/mol. The number of benzene rings is 2. The molecule has 2 aromatic rings. The van der Waals surface area contributed by atoms with E-state index in [2.05, 4.69) is 5.32 Å². The third kappa shape index (κ3) is 3.23. The Morgan fingerprint density at radius 1 is 1.04 bits per heavy atom. The van der Waals surface area contributed by atoms with Crippen molar-refractivity contribution in [3.8, 4) is 5.75 Å². The van der Waals surface area contributed by atoms with Crippen LogP contribution in [0.3, 0.4) is 0 Å². The number of hydrogen-bond acceptors (Lipinski definition) is 3. The van der Waals surface area contributed by atoms with Gasteiger partial charge in [-0.1, -0.05) is 42.5 Å². The fourth-order valence-electron chi connectivity index (χ4n) is 2.35. The van der Waals surface area contributed by atoms with Crippen LogP contribution in [0.5, 0.6) is 5.75 Å². The van der Waals surface area contributed by atoms with Gasteiger partial charge in [-0.25, -0.2) is 4.79 Å². The molecule has 1 N–H and O–H groups in total. The summed E-state index contributed by atoms with van der Waals surface area (Å²) in [5, 5.41) is 2.62. The summed E-state index contributed by atoms with van der Waals surface area (Å²) in [5.41, 5.74) is 1.99. The van der Waals surface area contributed by atoms with Crippen LogP contribution in [0.15, 0.2) is 60.3 Å². The average molecular weight is 308 g/mol. The Morgan fingerprint density at radius 3 is 2.39 bits per heavy atom. The van der Waals surface area contributed by atoms with Crippen molar-refractivity contribution in [2.75, 3.05) is 7.11 Å². The van der Waals surface area contributed by atoms with E-state index in [-0.39, 0.29) is 18.1 Å². The summed E-state index contributed by atoms with van der Waals surface area (Å²) >= 11 is 0. The number of hydrogen-bond donors (Lipinski definition) is 1. The molecule has 0 aliphatic carbocycles. The molecule has 0 aromatic heterocycles. The SMILES string of the molecule is COc1ccc(/C=C2/NC(=O)N(Cc3ccccc3)C2=O)cc1. The number of ether oxygens (including phenoxy) is 1. The molecular formula is C18H16N2O3. The van der Waals surface area contributed by atoms with Crippen LogP contribution < -0.4 is 10.1 Å². The van der Waals surface area contributed by atoms with E-state index in [4.69, 9.17) is 4.74 Å². The average Bonchev–Trinajstić information content (AvgIpc) is 2.84. The summed E-state index contributed by atoms with van der Waals surface area (Å²) in [5.74, 6) is 0.411. The molecule has 0 radical (unpaired) electrons. The second-order valence-corrected chi connectivity index (χ2v) is 5.14. The quantitative estimate of drug-likeness (QED) is 0.698. The lowest BCUT2D eigenvalue weighted by atomic mass is 10.2. The lowest BCUT2D eigenvalue weighted by Crippen LogP contribution is -2.30. The Labute approximate surface area is 134 Å². The Balaban J connectivity index is 1.78. The van der Waals surface area contributed by atoms with E-state index in [1.807, 2.05) is 42.5 Å². The van der Waals surface area contributed by atoms with Crippen LogP contribution in [0.25, 0.3) is 6.08 Å². The number of rotatable bonds is 4. The largest absolute Gasteiger partial charge is 0.497 e. The third-order valence-corrected chi connectivity index (χ3v) is 3.57. The first-order valence-corrected chi connectivity index (χ1v) is 7.20. The third-order valence-electron chi connectivity index (χ3n) is 3.57. The zero-order chi connectivity index (χ0) is 16.2. The standard InChI is InChI=1S/C18H16N2O3/c1-23-15-9-7-13(8-10-15)11-16-17(21)20(18(22)19-16)12-14-5-3-2-4-6-14/h2-11H,12H2,1H3,(H,19,22)/b16-11+. The monoisotopic (exact) mass is 308 g/mol. The Kier molecular flexibility index (Phi) is 4.10. The first-order chi connectivity index (χ1) is 11.2. The van der Waals surface area contributed by atoms with E-state index in [9.17, 15) is 9.59 Å². The van der Waals surface area contributed by atoms with Crippen LogP contribution in [-0.2, 0) is 11.3 Å². The summed E-state index contributed by atoms with van der Waals surface area (Å²) in [6.07, 6.45) is 1.66. The topological polar surface area (TPSA) is 58.6 Å². The predicted octanol–water partition coefficient (Wildman–Crippen LogP) is 2.79. The molecule has 3 rings (SSSR count). The molecule has 1 aliphatic heterocycles. The highest BCUT2D eigenvalue weighted by molar-refractivity contribution is 6.13. The number of imide groups is 1. The number of nitrogens with one attached hydrogen (secondary N) is 1. The Hall–Kier alpha value is -3.08. The molecule has 0 unspecified atom stereocenters. The van der Waals surface area contributed by atoms with Crippen LogP contribution in [0.2, 0.25) is 0 Å². The van der Waals surface area contributed by atoms with Gasteiger partial charge in [0.25, 0.3) is 5.91 Å². The second kappa shape index (κ2) is 6.36. The molecule has 0 spiro atoms. The van der Waals surface area contributed by atoms with Crippen molar-refractivity contribution < 1.29 is 14.3 Å². The van der Waals surface area contributed by atoms with Crippen molar-refractivity contribution in [3.63, 3.8) is 0 Å². The smallest absolute Gasteiger partial charge is 0.329 e. The molecule has 5 heteroatoms. The molecule has 0 bridgehead atoms. The van der Waals surface area contributed by atoms with Crippen molar-refractivity contribution in [3.05, 3.63) is 71.4 Å². The molecule has 1 heterocycles. The number of carbonyl (C=O) groups excluding carboxylic acids is 2. The summed E-state index contributed by atoms with van der Waals surface area (Å²) in [4.78, 5) is 25.6. The van der Waals surface area contributed by atoms with Crippen LogP contribution >= 0.6 is 0 Å². The molecule has 116 valence electrons. The molecule has 1 saturated heterocycles. The highest BCUT2D eigenvalue weighted by atomic mass is 16.5. The zero-order valence-corrected chi connectivity index (χ0v) is 12.7. The van der Waals surface area contributed by atoms with E-state index in [0.29, 0.717) is 0 Å². The highest BCUT2D eigenvalue weighted by Gasteiger charge is 2.33. The van der Waals surface area contributed by atoms with Gasteiger partial charge < -0.3 is 10.1 Å².